The molecule has 2 heterocycles. The van der Waals surface area contributed by atoms with Gasteiger partial charge in [-0.25, -0.2) is 17.5 Å². The molecule has 0 radical (unpaired) electrons. The van der Waals surface area contributed by atoms with Crippen molar-refractivity contribution in [2.24, 2.45) is 0 Å². The number of fused-ring (bicyclic) bond motifs is 1. The van der Waals surface area contributed by atoms with Crippen molar-refractivity contribution in [2.75, 3.05) is 5.32 Å². The highest BCUT2D eigenvalue weighted by atomic mass is 35.5. The quantitative estimate of drug-likeness (QED) is 0.578. The zero-order valence-electron chi connectivity index (χ0n) is 15.9. The molecule has 160 valence electrons. The number of sulfone groups is 1. The Kier molecular flexibility index (Phi) is 5.50. The van der Waals surface area contributed by atoms with Gasteiger partial charge in [-0.3, -0.25) is 9.59 Å². The molecule has 0 fully saturated rings. The Morgan fingerprint density at radius 2 is 1.71 bits per heavy atom. The van der Waals surface area contributed by atoms with Gasteiger partial charge in [-0.1, -0.05) is 23.7 Å². The van der Waals surface area contributed by atoms with Crippen molar-refractivity contribution in [1.29, 1.82) is 0 Å². The van der Waals surface area contributed by atoms with Crippen LogP contribution in [0.2, 0.25) is 5.02 Å². The summed E-state index contributed by atoms with van der Waals surface area (Å²) in [5.41, 5.74) is 1.81. The van der Waals surface area contributed by atoms with Crippen LogP contribution >= 0.6 is 11.6 Å². The molecule has 2 N–H and O–H groups in total. The molecule has 2 aromatic carbocycles. The Labute approximate surface area is 181 Å². The summed E-state index contributed by atoms with van der Waals surface area (Å²) in [6, 6.07) is 12.0. The summed E-state index contributed by atoms with van der Waals surface area (Å²) in [4.78, 5) is 24.8. The van der Waals surface area contributed by atoms with Crippen molar-refractivity contribution in [3.8, 4) is 5.69 Å². The number of rotatable bonds is 4. The van der Waals surface area contributed by atoms with Gasteiger partial charge < -0.3 is 10.6 Å². The van der Waals surface area contributed by atoms with Crippen LogP contribution in [0.3, 0.4) is 0 Å². The predicted molar refractivity (Wildman–Crippen MR) is 112 cm³/mol. The molecular formula is C20H16ClFN4O4S. The van der Waals surface area contributed by atoms with Crippen LogP contribution in [0.25, 0.3) is 5.69 Å². The number of nitrogens with zero attached hydrogens (tertiary/aromatic N) is 2. The first-order valence-electron chi connectivity index (χ1n) is 9.12. The second-order valence-electron chi connectivity index (χ2n) is 6.96. The number of hydrogen-bond acceptors (Lipinski definition) is 5. The van der Waals surface area contributed by atoms with E-state index in [0.29, 0.717) is 27.5 Å². The smallest absolute Gasteiger partial charge is 0.314 e. The predicted octanol–water partition coefficient (Wildman–Crippen LogP) is 2.35. The number of anilines is 1. The van der Waals surface area contributed by atoms with Crippen LogP contribution in [-0.2, 0) is 37.5 Å². The van der Waals surface area contributed by atoms with Crippen LogP contribution in [0.5, 0.6) is 0 Å². The van der Waals surface area contributed by atoms with E-state index in [1.54, 1.807) is 24.3 Å². The number of amides is 2. The first-order valence-corrected chi connectivity index (χ1v) is 11.3. The standard InChI is InChI=1S/C20H16ClFN4O4S/c21-13-3-7-15(8-4-13)26-18(16-10-31(29,30)11-17(16)25-26)24-20(28)19(27)23-9-12-1-5-14(22)6-2-12/h1-8H,9-11H2,(H,23,27)(H,24,28). The minimum Gasteiger partial charge on any atom is -0.344 e. The molecule has 0 saturated carbocycles. The fourth-order valence-corrected chi connectivity index (χ4v) is 4.79. The fraction of sp³-hybridized carbons (Fsp3) is 0.150. The molecule has 1 aromatic heterocycles. The summed E-state index contributed by atoms with van der Waals surface area (Å²) < 4.78 is 38.4. The van der Waals surface area contributed by atoms with Crippen molar-refractivity contribution < 1.29 is 22.4 Å². The highest BCUT2D eigenvalue weighted by Gasteiger charge is 2.33. The lowest BCUT2D eigenvalue weighted by molar-refractivity contribution is -0.136. The maximum absolute atomic E-state index is 13.0. The SMILES string of the molecule is O=C(NCc1ccc(F)cc1)C(=O)Nc1c2c(nn1-c1ccc(Cl)cc1)CS(=O)(=O)C2. The molecule has 3 aromatic rings. The number of aromatic nitrogens is 2. The molecule has 1 aliphatic rings. The Balaban J connectivity index is 1.56. The minimum atomic E-state index is -3.38. The first-order chi connectivity index (χ1) is 14.7. The van der Waals surface area contributed by atoms with Gasteiger partial charge in [-0.05, 0) is 42.0 Å². The topological polar surface area (TPSA) is 110 Å². The Bertz CT molecular complexity index is 1270. The molecule has 0 atom stereocenters. The second-order valence-corrected chi connectivity index (χ2v) is 9.46. The fourth-order valence-electron chi connectivity index (χ4n) is 3.17. The molecule has 11 heteroatoms. The van der Waals surface area contributed by atoms with E-state index in [2.05, 4.69) is 15.7 Å². The summed E-state index contributed by atoms with van der Waals surface area (Å²) in [6.45, 7) is 0.0233. The number of carbonyl (C=O) groups excluding carboxylic acids is 2. The highest BCUT2D eigenvalue weighted by Crippen LogP contribution is 2.33. The summed E-state index contributed by atoms with van der Waals surface area (Å²) in [7, 11) is -3.38. The van der Waals surface area contributed by atoms with Crippen LogP contribution in [0.15, 0.2) is 48.5 Å². The van der Waals surface area contributed by atoms with Crippen LogP contribution in [0, 0.1) is 5.82 Å². The average molecular weight is 463 g/mol. The van der Waals surface area contributed by atoms with E-state index in [9.17, 15) is 22.4 Å². The number of carbonyl (C=O) groups is 2. The van der Waals surface area contributed by atoms with E-state index in [4.69, 9.17) is 11.6 Å². The van der Waals surface area contributed by atoms with Gasteiger partial charge in [-0.2, -0.15) is 5.10 Å². The van der Waals surface area contributed by atoms with Crippen LogP contribution in [0.1, 0.15) is 16.8 Å². The average Bonchev–Trinajstić information content (AvgIpc) is 3.20. The lowest BCUT2D eigenvalue weighted by Gasteiger charge is -2.11. The first kappa shape index (κ1) is 21.0. The lowest BCUT2D eigenvalue weighted by atomic mass is 10.2. The van der Waals surface area contributed by atoms with E-state index in [-0.39, 0.29) is 23.9 Å². The largest absolute Gasteiger partial charge is 0.344 e. The Morgan fingerprint density at radius 1 is 1.03 bits per heavy atom. The van der Waals surface area contributed by atoms with Crippen LogP contribution in [0.4, 0.5) is 10.2 Å². The molecule has 4 rings (SSSR count). The Morgan fingerprint density at radius 3 is 2.39 bits per heavy atom. The number of halogens is 2. The lowest BCUT2D eigenvalue weighted by Crippen LogP contribution is -2.35. The molecule has 0 bridgehead atoms. The molecule has 1 aliphatic heterocycles. The van der Waals surface area contributed by atoms with Crippen molar-refractivity contribution >= 4 is 39.1 Å². The van der Waals surface area contributed by atoms with Gasteiger partial charge in [-0.15, -0.1) is 0 Å². The van der Waals surface area contributed by atoms with Gasteiger partial charge in [0.1, 0.15) is 11.6 Å². The van der Waals surface area contributed by atoms with Gasteiger partial charge in [0.25, 0.3) is 0 Å². The minimum absolute atomic E-state index is 0.0233. The van der Waals surface area contributed by atoms with Crippen LogP contribution in [-0.4, -0.2) is 30.0 Å². The highest BCUT2D eigenvalue weighted by molar-refractivity contribution is 7.90. The van der Waals surface area contributed by atoms with Crippen molar-refractivity contribution in [1.82, 2.24) is 15.1 Å². The number of nitrogens with one attached hydrogen (secondary N) is 2. The van der Waals surface area contributed by atoms with Crippen LogP contribution < -0.4 is 10.6 Å². The maximum atomic E-state index is 13.0. The third-order valence-corrected chi connectivity index (χ3v) is 6.36. The van der Waals surface area contributed by atoms with Gasteiger partial charge >= 0.3 is 11.8 Å². The van der Waals surface area contributed by atoms with E-state index in [1.165, 1.54) is 28.9 Å². The molecular weight excluding hydrogens is 447 g/mol. The van der Waals surface area contributed by atoms with Gasteiger partial charge in [0, 0.05) is 17.1 Å². The Hall–Kier alpha value is -3.24. The summed E-state index contributed by atoms with van der Waals surface area (Å²) in [6.07, 6.45) is 0. The third-order valence-electron chi connectivity index (χ3n) is 4.66. The molecule has 0 spiro atoms. The summed E-state index contributed by atoms with van der Waals surface area (Å²) in [5.74, 6) is -2.75. The summed E-state index contributed by atoms with van der Waals surface area (Å²) >= 11 is 5.92. The zero-order valence-corrected chi connectivity index (χ0v) is 17.5. The number of hydrogen-bond donors (Lipinski definition) is 2. The van der Waals surface area contributed by atoms with E-state index in [1.807, 2.05) is 0 Å². The second kappa shape index (κ2) is 8.12. The molecule has 0 saturated heterocycles. The third kappa shape index (κ3) is 4.59. The van der Waals surface area contributed by atoms with E-state index >= 15 is 0 Å². The summed E-state index contributed by atoms with van der Waals surface area (Å²) in [5, 5.41) is 9.73. The molecule has 0 unspecified atom stereocenters. The maximum Gasteiger partial charge on any atom is 0.314 e. The molecule has 8 nitrogen and oxygen atoms in total. The van der Waals surface area contributed by atoms with Crippen molar-refractivity contribution in [2.45, 2.75) is 18.1 Å². The van der Waals surface area contributed by atoms with Gasteiger partial charge in [0.15, 0.2) is 9.84 Å². The van der Waals surface area contributed by atoms with Crippen molar-refractivity contribution in [3.05, 3.63) is 76.2 Å². The molecule has 31 heavy (non-hydrogen) atoms. The van der Waals surface area contributed by atoms with Gasteiger partial charge in [0.05, 0.1) is 22.9 Å². The van der Waals surface area contributed by atoms with Crippen molar-refractivity contribution in [3.63, 3.8) is 0 Å². The zero-order chi connectivity index (χ0) is 22.2. The van der Waals surface area contributed by atoms with E-state index < -0.39 is 27.5 Å². The normalized spacial score (nSPS) is 14.1. The van der Waals surface area contributed by atoms with Gasteiger partial charge in [0.2, 0.25) is 0 Å². The molecule has 2 amide bonds. The van der Waals surface area contributed by atoms with E-state index in [0.717, 1.165) is 0 Å². The number of benzene rings is 2. The monoisotopic (exact) mass is 462 g/mol. The molecule has 0 aliphatic carbocycles.